The number of benzene rings is 2. The first kappa shape index (κ1) is 20.5. The molecule has 0 unspecified atom stereocenters. The molecule has 0 fully saturated rings. The van der Waals surface area contributed by atoms with Crippen molar-refractivity contribution >= 4 is 44.6 Å². The minimum atomic E-state index is -0.895. The normalized spacial score (nSPS) is 11.0. The van der Waals surface area contributed by atoms with E-state index in [1.54, 1.807) is 23.6 Å². The molecule has 30 heavy (non-hydrogen) atoms. The summed E-state index contributed by atoms with van der Waals surface area (Å²) in [5.41, 5.74) is 1.86. The van der Waals surface area contributed by atoms with Crippen LogP contribution in [-0.2, 0) is 19.6 Å². The third kappa shape index (κ3) is 4.35. The molecule has 2 heterocycles. The van der Waals surface area contributed by atoms with Gasteiger partial charge < -0.3 is 9.30 Å². The Morgan fingerprint density at radius 2 is 2.00 bits per heavy atom. The number of aryl methyl sites for hydroxylation is 2. The molecular formula is C20H15Cl2N3O4S. The van der Waals surface area contributed by atoms with Gasteiger partial charge in [0, 0.05) is 29.2 Å². The molecular weight excluding hydrogens is 449 g/mol. The van der Waals surface area contributed by atoms with Gasteiger partial charge in [-0.15, -0.1) is 21.5 Å². The summed E-state index contributed by atoms with van der Waals surface area (Å²) >= 11 is 14.5. The molecule has 0 N–H and O–H groups in total. The Hall–Kier alpha value is -2.81. The Bertz CT molecular complexity index is 1210. The van der Waals surface area contributed by atoms with E-state index in [4.69, 9.17) is 27.9 Å². The number of aromatic nitrogens is 2. The zero-order valence-corrected chi connectivity index (χ0v) is 17.8. The van der Waals surface area contributed by atoms with Gasteiger partial charge in [0.1, 0.15) is 6.61 Å². The van der Waals surface area contributed by atoms with E-state index in [0.29, 0.717) is 35.4 Å². The maximum Gasteiger partial charge on any atom is 0.302 e. The summed E-state index contributed by atoms with van der Waals surface area (Å²) in [5, 5.41) is 13.7. The van der Waals surface area contributed by atoms with Gasteiger partial charge in [0.05, 0.1) is 10.0 Å². The van der Waals surface area contributed by atoms with Gasteiger partial charge in [0.15, 0.2) is 5.75 Å². The predicted octanol–water partition coefficient (Wildman–Crippen LogP) is 5.80. The molecule has 0 saturated heterocycles. The monoisotopic (exact) mass is 463 g/mol. The van der Waals surface area contributed by atoms with Crippen molar-refractivity contribution in [1.29, 1.82) is 0 Å². The lowest BCUT2D eigenvalue weighted by molar-refractivity contribution is -0.713. The van der Waals surface area contributed by atoms with E-state index in [2.05, 4.69) is 27.3 Å². The van der Waals surface area contributed by atoms with E-state index < -0.39 is 5.09 Å². The summed E-state index contributed by atoms with van der Waals surface area (Å²) in [7, 11) is 0. The third-order valence-electron chi connectivity index (χ3n) is 4.52. The molecule has 4 aromatic rings. The fourth-order valence-electron chi connectivity index (χ4n) is 3.06. The van der Waals surface area contributed by atoms with Crippen molar-refractivity contribution in [1.82, 2.24) is 9.55 Å². The van der Waals surface area contributed by atoms with E-state index in [0.717, 1.165) is 16.5 Å². The van der Waals surface area contributed by atoms with E-state index >= 15 is 0 Å². The molecule has 0 saturated carbocycles. The van der Waals surface area contributed by atoms with Crippen LogP contribution in [0.5, 0.6) is 11.8 Å². The van der Waals surface area contributed by atoms with Gasteiger partial charge in [-0.25, -0.2) is 9.82 Å². The van der Waals surface area contributed by atoms with Crippen molar-refractivity contribution in [2.45, 2.75) is 19.6 Å². The summed E-state index contributed by atoms with van der Waals surface area (Å²) in [4.78, 5) is 18.8. The first-order valence-corrected chi connectivity index (χ1v) is 10.5. The summed E-state index contributed by atoms with van der Waals surface area (Å²) in [6.07, 6.45) is 3.52. The fraction of sp³-hybridized carbons (Fsp3) is 0.150. The number of rotatable bonds is 8. The van der Waals surface area contributed by atoms with Crippen LogP contribution < -0.4 is 9.57 Å². The quantitative estimate of drug-likeness (QED) is 0.243. The maximum absolute atomic E-state index is 10.6. The molecule has 0 radical (unpaired) electrons. The number of thiophene rings is 1. The van der Waals surface area contributed by atoms with Crippen LogP contribution in [0.15, 0.2) is 54.2 Å². The summed E-state index contributed by atoms with van der Waals surface area (Å²) in [6, 6.07) is 11.6. The molecule has 154 valence electrons. The number of hydrogen-bond acceptors (Lipinski definition) is 6. The Labute approximate surface area is 185 Å². The highest BCUT2D eigenvalue weighted by Crippen LogP contribution is 2.37. The number of fused-ring (bicyclic) bond motifs is 1. The Kier molecular flexibility index (Phi) is 6.08. The van der Waals surface area contributed by atoms with Gasteiger partial charge in [-0.3, -0.25) is 0 Å². The largest absolute Gasteiger partial charge is 0.486 e. The Morgan fingerprint density at radius 3 is 2.83 bits per heavy atom. The van der Waals surface area contributed by atoms with Gasteiger partial charge in [-0.1, -0.05) is 47.5 Å². The number of hydrogen-bond donors (Lipinski definition) is 0. The third-order valence-corrected chi connectivity index (χ3v) is 6.24. The van der Waals surface area contributed by atoms with Crippen LogP contribution in [0.3, 0.4) is 0 Å². The Balaban J connectivity index is 1.49. The van der Waals surface area contributed by atoms with Gasteiger partial charge in [-0.2, -0.15) is 0 Å². The first-order chi connectivity index (χ1) is 14.5. The van der Waals surface area contributed by atoms with Crippen LogP contribution >= 0.6 is 34.5 Å². The van der Waals surface area contributed by atoms with Crippen molar-refractivity contribution in [3.8, 4) is 11.8 Å². The molecule has 7 nitrogen and oxygen atoms in total. The maximum atomic E-state index is 10.6. The average Bonchev–Trinajstić information content (AvgIpc) is 3.34. The minimum Gasteiger partial charge on any atom is -0.486 e. The smallest absolute Gasteiger partial charge is 0.302 e. The number of ether oxygens (including phenoxy) is 1. The molecule has 0 amide bonds. The SMILES string of the molecule is O=[N+]([O-])Oc1nccn1CCc1ccc(Cl)c(OCc2csc3ccccc23)c1Cl. The highest BCUT2D eigenvalue weighted by molar-refractivity contribution is 7.17. The van der Waals surface area contributed by atoms with E-state index in [1.165, 1.54) is 15.5 Å². The fourth-order valence-corrected chi connectivity index (χ4v) is 4.58. The van der Waals surface area contributed by atoms with Crippen LogP contribution in [0.25, 0.3) is 10.1 Å². The summed E-state index contributed by atoms with van der Waals surface area (Å²) < 4.78 is 8.71. The number of nitrogens with zero attached hydrogens (tertiary/aromatic N) is 3. The molecule has 0 aliphatic heterocycles. The lowest BCUT2D eigenvalue weighted by Gasteiger charge is -2.14. The lowest BCUT2D eigenvalue weighted by Crippen LogP contribution is -2.10. The highest BCUT2D eigenvalue weighted by Gasteiger charge is 2.15. The molecule has 0 spiro atoms. The second kappa shape index (κ2) is 8.91. The first-order valence-electron chi connectivity index (χ1n) is 8.91. The molecule has 2 aromatic carbocycles. The standard InChI is InChI=1S/C20H15Cl2N3O4S/c21-16-6-5-13(7-9-24-10-8-23-20(24)29-25(26)27)18(22)19(16)28-11-14-12-30-17-4-2-1-3-15(14)17/h1-6,8,10,12H,7,9,11H2. The van der Waals surface area contributed by atoms with Gasteiger partial charge in [0.2, 0.25) is 0 Å². The van der Waals surface area contributed by atoms with Crippen LogP contribution in [0.2, 0.25) is 10.0 Å². The van der Waals surface area contributed by atoms with Crippen LogP contribution in [0, 0.1) is 10.1 Å². The van der Waals surface area contributed by atoms with Crippen LogP contribution in [-0.4, -0.2) is 14.6 Å². The second-order valence-corrected chi connectivity index (χ2v) is 8.06. The topological polar surface area (TPSA) is 79.4 Å². The molecule has 0 atom stereocenters. The minimum absolute atomic E-state index is 0.0918. The van der Waals surface area contributed by atoms with E-state index in [9.17, 15) is 10.1 Å². The second-order valence-electron chi connectivity index (χ2n) is 6.36. The zero-order valence-electron chi connectivity index (χ0n) is 15.5. The van der Waals surface area contributed by atoms with Crippen molar-refractivity contribution in [3.63, 3.8) is 0 Å². The number of halogens is 2. The Morgan fingerprint density at radius 1 is 1.17 bits per heavy atom. The van der Waals surface area contributed by atoms with Gasteiger partial charge in [0.25, 0.3) is 6.01 Å². The summed E-state index contributed by atoms with van der Waals surface area (Å²) in [6.45, 7) is 0.731. The number of imidazole rings is 1. The van der Waals surface area contributed by atoms with Crippen molar-refractivity contribution in [2.75, 3.05) is 0 Å². The van der Waals surface area contributed by atoms with Crippen molar-refractivity contribution < 1.29 is 14.7 Å². The molecule has 2 aromatic heterocycles. The molecule has 4 rings (SSSR count). The summed E-state index contributed by atoms with van der Waals surface area (Å²) in [5.74, 6) is 0.415. The predicted molar refractivity (Wildman–Crippen MR) is 116 cm³/mol. The molecule has 10 heteroatoms. The molecule has 0 aliphatic rings. The van der Waals surface area contributed by atoms with E-state index in [-0.39, 0.29) is 6.01 Å². The molecule has 0 bridgehead atoms. The zero-order chi connectivity index (χ0) is 21.1. The van der Waals surface area contributed by atoms with Gasteiger partial charge in [-0.05, 0) is 34.9 Å². The van der Waals surface area contributed by atoms with Crippen LogP contribution in [0.1, 0.15) is 11.1 Å². The van der Waals surface area contributed by atoms with Crippen molar-refractivity contribution in [2.24, 2.45) is 0 Å². The molecule has 0 aliphatic carbocycles. The lowest BCUT2D eigenvalue weighted by atomic mass is 10.1. The average molecular weight is 464 g/mol. The highest BCUT2D eigenvalue weighted by atomic mass is 35.5. The van der Waals surface area contributed by atoms with Crippen LogP contribution in [0.4, 0.5) is 0 Å². The van der Waals surface area contributed by atoms with Crippen molar-refractivity contribution in [3.05, 3.63) is 85.5 Å². The van der Waals surface area contributed by atoms with Gasteiger partial charge >= 0.3 is 5.09 Å². The van der Waals surface area contributed by atoms with E-state index in [1.807, 2.05) is 18.2 Å².